The number of furan rings is 2. The lowest BCUT2D eigenvalue weighted by Gasteiger charge is -2.34. The highest BCUT2D eigenvalue weighted by atomic mass is 16.3. The predicted molar refractivity (Wildman–Crippen MR) is 246 cm³/mol. The zero-order valence-electron chi connectivity index (χ0n) is 32.6. The average molecular weight is 768 g/mol. The molecule has 0 fully saturated rings. The molecule has 0 spiro atoms. The quantitative estimate of drug-likeness (QED) is 0.162. The van der Waals surface area contributed by atoms with Gasteiger partial charge in [-0.15, -0.1) is 0 Å². The topological polar surface area (TPSA) is 29.5 Å². The lowest BCUT2D eigenvalue weighted by atomic mass is 9.68. The molecule has 0 atom stereocenters. The van der Waals surface area contributed by atoms with Crippen LogP contribution in [-0.4, -0.2) is 0 Å². The Labute approximate surface area is 348 Å². The SMILES string of the molecule is c1ccc(-c2cc3cc(N(c4ccc(C5(c6ccccc6)c6ccccc6-c6ccccc65)cc4)c4cccc(-c5cccc6c5oc5ccccc56)c4)ccc3o2)cc1. The first kappa shape index (κ1) is 34.2. The van der Waals surface area contributed by atoms with Crippen LogP contribution in [0.15, 0.2) is 233 Å². The molecule has 0 radical (unpaired) electrons. The summed E-state index contributed by atoms with van der Waals surface area (Å²) in [6.07, 6.45) is 0. The Kier molecular flexibility index (Phi) is 7.76. The van der Waals surface area contributed by atoms with Crippen LogP contribution in [0, 0.1) is 0 Å². The van der Waals surface area contributed by atoms with Gasteiger partial charge in [0.05, 0.1) is 5.41 Å². The Morgan fingerprint density at radius 2 is 0.933 bits per heavy atom. The van der Waals surface area contributed by atoms with Crippen LogP contribution in [0.25, 0.3) is 66.5 Å². The van der Waals surface area contributed by atoms with Crippen LogP contribution >= 0.6 is 0 Å². The van der Waals surface area contributed by atoms with Crippen molar-refractivity contribution in [1.29, 1.82) is 0 Å². The molecule has 0 aliphatic heterocycles. The van der Waals surface area contributed by atoms with Gasteiger partial charge in [0.25, 0.3) is 0 Å². The first-order valence-electron chi connectivity index (χ1n) is 20.5. The fourth-order valence-electron chi connectivity index (χ4n) is 9.72. The molecule has 9 aromatic carbocycles. The van der Waals surface area contributed by atoms with E-state index in [0.29, 0.717) is 0 Å². The average Bonchev–Trinajstić information content (AvgIpc) is 4.01. The molecule has 0 unspecified atom stereocenters. The number of benzene rings is 9. The number of rotatable bonds is 7. The number of hydrogen-bond acceptors (Lipinski definition) is 3. The van der Waals surface area contributed by atoms with E-state index >= 15 is 0 Å². The molecular weight excluding hydrogens is 731 g/mol. The number of para-hydroxylation sites is 2. The maximum absolute atomic E-state index is 6.53. The third-order valence-electron chi connectivity index (χ3n) is 12.4. The summed E-state index contributed by atoms with van der Waals surface area (Å²) >= 11 is 0. The van der Waals surface area contributed by atoms with Crippen molar-refractivity contribution < 1.29 is 8.83 Å². The van der Waals surface area contributed by atoms with Crippen molar-refractivity contribution in [3.05, 3.63) is 247 Å². The predicted octanol–water partition coefficient (Wildman–Crippen LogP) is 15.5. The summed E-state index contributed by atoms with van der Waals surface area (Å²) in [7, 11) is 0. The Morgan fingerprint density at radius 1 is 0.350 bits per heavy atom. The molecule has 2 heterocycles. The first-order chi connectivity index (χ1) is 29.7. The van der Waals surface area contributed by atoms with Crippen molar-refractivity contribution in [3.8, 4) is 33.6 Å². The van der Waals surface area contributed by atoms with Crippen LogP contribution in [0.1, 0.15) is 22.3 Å². The Bertz CT molecular complexity index is 3330. The van der Waals surface area contributed by atoms with Crippen LogP contribution in [-0.2, 0) is 5.41 Å². The molecule has 282 valence electrons. The van der Waals surface area contributed by atoms with Crippen molar-refractivity contribution in [2.75, 3.05) is 4.90 Å². The second-order valence-electron chi connectivity index (χ2n) is 15.6. The van der Waals surface area contributed by atoms with Crippen molar-refractivity contribution >= 4 is 50.0 Å². The number of nitrogens with zero attached hydrogens (tertiary/aromatic N) is 1. The molecule has 0 bridgehead atoms. The Hall–Kier alpha value is -7.88. The standard InChI is InChI=1S/C57H37NO2/c1-3-15-38(16-4-1)55-37-40-36-45(33-34-53(40)59-55)58(44-20-13-17-39(35-44)46-24-14-25-50-49-23-9-12-28-54(49)60-56(46)50)43-31-29-42(30-32-43)57(41-18-5-2-6-19-41)51-26-10-7-21-47(51)48-22-8-11-27-52(48)57/h1-37H. The third kappa shape index (κ3) is 5.23. The maximum Gasteiger partial charge on any atom is 0.143 e. The highest BCUT2D eigenvalue weighted by Crippen LogP contribution is 2.56. The van der Waals surface area contributed by atoms with Gasteiger partial charge in [-0.1, -0.05) is 170 Å². The van der Waals surface area contributed by atoms with Gasteiger partial charge < -0.3 is 13.7 Å². The number of fused-ring (bicyclic) bond motifs is 7. The molecule has 3 heteroatoms. The minimum Gasteiger partial charge on any atom is -0.456 e. The van der Waals surface area contributed by atoms with Gasteiger partial charge in [-0.05, 0) is 93.5 Å². The van der Waals surface area contributed by atoms with Crippen molar-refractivity contribution in [2.45, 2.75) is 5.41 Å². The molecule has 0 saturated heterocycles. The summed E-state index contributed by atoms with van der Waals surface area (Å²) in [5, 5.41) is 3.28. The molecule has 2 aromatic heterocycles. The van der Waals surface area contributed by atoms with E-state index in [1.807, 2.05) is 30.3 Å². The lowest BCUT2D eigenvalue weighted by Crippen LogP contribution is -2.28. The second-order valence-corrected chi connectivity index (χ2v) is 15.6. The van der Waals surface area contributed by atoms with E-state index in [9.17, 15) is 0 Å². The molecule has 0 N–H and O–H groups in total. The van der Waals surface area contributed by atoms with E-state index in [-0.39, 0.29) is 0 Å². The van der Waals surface area contributed by atoms with Crippen molar-refractivity contribution in [1.82, 2.24) is 0 Å². The van der Waals surface area contributed by atoms with Crippen LogP contribution in [0.3, 0.4) is 0 Å². The summed E-state index contributed by atoms with van der Waals surface area (Å²) in [5.41, 5.74) is 16.1. The molecule has 3 nitrogen and oxygen atoms in total. The molecule has 0 saturated carbocycles. The smallest absolute Gasteiger partial charge is 0.143 e. The van der Waals surface area contributed by atoms with E-state index in [1.54, 1.807) is 0 Å². The fraction of sp³-hybridized carbons (Fsp3) is 0.0175. The van der Waals surface area contributed by atoms with Gasteiger partial charge in [0.2, 0.25) is 0 Å². The van der Waals surface area contributed by atoms with E-state index in [1.165, 1.54) is 33.4 Å². The van der Waals surface area contributed by atoms with Crippen LogP contribution in [0.5, 0.6) is 0 Å². The molecule has 0 amide bonds. The van der Waals surface area contributed by atoms with E-state index in [4.69, 9.17) is 8.83 Å². The van der Waals surface area contributed by atoms with E-state index in [2.05, 4.69) is 199 Å². The number of anilines is 3. The highest BCUT2D eigenvalue weighted by molar-refractivity contribution is 6.09. The van der Waals surface area contributed by atoms with Crippen LogP contribution in [0.2, 0.25) is 0 Å². The lowest BCUT2D eigenvalue weighted by molar-refractivity contribution is 0.631. The van der Waals surface area contributed by atoms with Gasteiger partial charge in [0.15, 0.2) is 0 Å². The van der Waals surface area contributed by atoms with Crippen molar-refractivity contribution in [2.24, 2.45) is 0 Å². The molecule has 11 aromatic rings. The highest BCUT2D eigenvalue weighted by Gasteiger charge is 2.45. The molecular formula is C57H37NO2. The number of hydrogen-bond donors (Lipinski definition) is 0. The third-order valence-corrected chi connectivity index (χ3v) is 12.4. The summed E-state index contributed by atoms with van der Waals surface area (Å²) in [5.74, 6) is 0.850. The Balaban J connectivity index is 1.04. The Morgan fingerprint density at radius 3 is 1.72 bits per heavy atom. The molecule has 1 aliphatic rings. The summed E-state index contributed by atoms with van der Waals surface area (Å²) in [6.45, 7) is 0. The largest absolute Gasteiger partial charge is 0.456 e. The van der Waals surface area contributed by atoms with Gasteiger partial charge in [-0.2, -0.15) is 0 Å². The minimum atomic E-state index is -0.480. The van der Waals surface area contributed by atoms with Gasteiger partial charge in [-0.25, -0.2) is 0 Å². The maximum atomic E-state index is 6.53. The summed E-state index contributed by atoms with van der Waals surface area (Å²) < 4.78 is 12.9. The van der Waals surface area contributed by atoms with Gasteiger partial charge in [0.1, 0.15) is 22.5 Å². The van der Waals surface area contributed by atoms with E-state index in [0.717, 1.165) is 72.4 Å². The zero-order valence-corrected chi connectivity index (χ0v) is 32.6. The monoisotopic (exact) mass is 767 g/mol. The molecule has 1 aliphatic carbocycles. The van der Waals surface area contributed by atoms with Gasteiger partial charge >= 0.3 is 0 Å². The zero-order chi connectivity index (χ0) is 39.6. The van der Waals surface area contributed by atoms with Crippen LogP contribution in [0.4, 0.5) is 17.1 Å². The minimum absolute atomic E-state index is 0.480. The molecule has 60 heavy (non-hydrogen) atoms. The van der Waals surface area contributed by atoms with E-state index < -0.39 is 5.41 Å². The van der Waals surface area contributed by atoms with Gasteiger partial charge in [0, 0.05) is 44.3 Å². The first-order valence-corrected chi connectivity index (χ1v) is 20.5. The van der Waals surface area contributed by atoms with Crippen LogP contribution < -0.4 is 4.90 Å². The van der Waals surface area contributed by atoms with Gasteiger partial charge in [-0.3, -0.25) is 0 Å². The fourth-order valence-corrected chi connectivity index (χ4v) is 9.72. The second kappa shape index (κ2) is 13.6. The summed E-state index contributed by atoms with van der Waals surface area (Å²) in [4.78, 5) is 2.35. The molecule has 12 rings (SSSR count). The summed E-state index contributed by atoms with van der Waals surface area (Å²) in [6, 6.07) is 80.4. The van der Waals surface area contributed by atoms with Crippen molar-refractivity contribution in [3.63, 3.8) is 0 Å². The normalized spacial score (nSPS) is 12.8.